The average Bonchev–Trinajstić information content (AvgIpc) is 3.24. The van der Waals surface area contributed by atoms with Crippen molar-refractivity contribution < 1.29 is 4.79 Å². The van der Waals surface area contributed by atoms with Gasteiger partial charge in [0.05, 0.1) is 24.5 Å². The maximum absolute atomic E-state index is 12.0. The first-order valence-corrected chi connectivity index (χ1v) is 8.30. The average molecular weight is 347 g/mol. The standard InChI is InChI=1S/C16H15ClN4OS/c17-12-4-5-15(21-7-2-6-20-21)14(9-12)18-11-16(22)19-10-13-3-1-8-23-13/h1-9,18H,10-11H2,(H,19,22). The molecule has 0 fully saturated rings. The van der Waals surface area contributed by atoms with Crippen LogP contribution in [0.15, 0.2) is 54.2 Å². The predicted molar refractivity (Wildman–Crippen MR) is 93.2 cm³/mol. The van der Waals surface area contributed by atoms with E-state index < -0.39 is 0 Å². The number of nitrogens with one attached hydrogen (secondary N) is 2. The second-order valence-electron chi connectivity index (χ2n) is 4.82. The molecule has 0 bridgehead atoms. The third-order valence-electron chi connectivity index (χ3n) is 3.19. The number of hydrogen-bond acceptors (Lipinski definition) is 4. The Morgan fingerprint density at radius 3 is 2.96 bits per heavy atom. The first-order chi connectivity index (χ1) is 11.2. The number of rotatable bonds is 6. The van der Waals surface area contributed by atoms with E-state index in [9.17, 15) is 4.79 Å². The van der Waals surface area contributed by atoms with Crippen LogP contribution in [0.1, 0.15) is 4.88 Å². The number of carbonyl (C=O) groups is 1. The number of amides is 1. The van der Waals surface area contributed by atoms with Gasteiger partial charge in [-0.1, -0.05) is 17.7 Å². The van der Waals surface area contributed by atoms with Crippen molar-refractivity contribution in [1.82, 2.24) is 15.1 Å². The summed E-state index contributed by atoms with van der Waals surface area (Å²) < 4.78 is 1.72. The molecule has 0 aliphatic rings. The molecule has 118 valence electrons. The third-order valence-corrected chi connectivity index (χ3v) is 4.30. The fourth-order valence-electron chi connectivity index (χ4n) is 2.10. The Balaban J connectivity index is 1.63. The van der Waals surface area contributed by atoms with Crippen molar-refractivity contribution in [2.45, 2.75) is 6.54 Å². The van der Waals surface area contributed by atoms with E-state index in [4.69, 9.17) is 11.6 Å². The fourth-order valence-corrected chi connectivity index (χ4v) is 2.91. The lowest BCUT2D eigenvalue weighted by Crippen LogP contribution is -2.29. The molecule has 2 heterocycles. The van der Waals surface area contributed by atoms with Crippen molar-refractivity contribution in [2.24, 2.45) is 0 Å². The predicted octanol–water partition coefficient (Wildman–Crippen LogP) is 3.32. The molecule has 0 spiro atoms. The first-order valence-electron chi connectivity index (χ1n) is 7.05. The Bertz CT molecular complexity index is 771. The minimum absolute atomic E-state index is 0.0789. The summed E-state index contributed by atoms with van der Waals surface area (Å²) in [5.74, 6) is -0.0789. The molecule has 2 aromatic heterocycles. The molecular formula is C16H15ClN4OS. The summed E-state index contributed by atoms with van der Waals surface area (Å²) in [6, 6.07) is 11.2. The number of halogens is 1. The van der Waals surface area contributed by atoms with E-state index in [2.05, 4.69) is 15.7 Å². The van der Waals surface area contributed by atoms with Gasteiger partial charge in [-0.3, -0.25) is 4.79 Å². The summed E-state index contributed by atoms with van der Waals surface area (Å²) in [6.45, 7) is 0.708. The number of benzene rings is 1. The molecule has 0 aliphatic heterocycles. The molecule has 2 N–H and O–H groups in total. The van der Waals surface area contributed by atoms with E-state index in [0.29, 0.717) is 11.6 Å². The smallest absolute Gasteiger partial charge is 0.239 e. The van der Waals surface area contributed by atoms with Crippen LogP contribution in [-0.4, -0.2) is 22.2 Å². The molecule has 0 saturated carbocycles. The van der Waals surface area contributed by atoms with Gasteiger partial charge in [0.2, 0.25) is 5.91 Å². The highest BCUT2D eigenvalue weighted by atomic mass is 35.5. The van der Waals surface area contributed by atoms with Gasteiger partial charge in [0.1, 0.15) is 0 Å². The Labute approximate surface area is 142 Å². The van der Waals surface area contributed by atoms with Crippen LogP contribution in [0.25, 0.3) is 5.69 Å². The fraction of sp³-hybridized carbons (Fsp3) is 0.125. The summed E-state index contributed by atoms with van der Waals surface area (Å²) in [6.07, 6.45) is 3.54. The molecule has 5 nitrogen and oxygen atoms in total. The van der Waals surface area contributed by atoms with Crippen molar-refractivity contribution >= 4 is 34.5 Å². The minimum Gasteiger partial charge on any atom is -0.374 e. The molecule has 0 saturated heterocycles. The van der Waals surface area contributed by atoms with Gasteiger partial charge in [-0.25, -0.2) is 4.68 Å². The lowest BCUT2D eigenvalue weighted by molar-refractivity contribution is -0.119. The zero-order valence-corrected chi connectivity index (χ0v) is 13.8. The van der Waals surface area contributed by atoms with Crippen molar-refractivity contribution in [3.8, 4) is 5.69 Å². The summed E-state index contributed by atoms with van der Waals surface area (Å²) in [4.78, 5) is 13.1. The largest absolute Gasteiger partial charge is 0.374 e. The third kappa shape index (κ3) is 4.12. The molecule has 1 amide bonds. The van der Waals surface area contributed by atoms with Crippen LogP contribution in [0.2, 0.25) is 5.02 Å². The maximum Gasteiger partial charge on any atom is 0.239 e. The van der Waals surface area contributed by atoms with Crippen molar-refractivity contribution in [2.75, 3.05) is 11.9 Å². The topological polar surface area (TPSA) is 59.0 Å². The summed E-state index contributed by atoms with van der Waals surface area (Å²) in [7, 11) is 0. The van der Waals surface area contributed by atoms with Gasteiger partial charge in [-0.15, -0.1) is 11.3 Å². The molecule has 0 atom stereocenters. The van der Waals surface area contributed by atoms with Crippen molar-refractivity contribution in [3.63, 3.8) is 0 Å². The van der Waals surface area contributed by atoms with Gasteiger partial charge < -0.3 is 10.6 Å². The van der Waals surface area contributed by atoms with E-state index in [1.54, 1.807) is 34.3 Å². The zero-order valence-electron chi connectivity index (χ0n) is 12.2. The first kappa shape index (κ1) is 15.6. The second kappa shape index (κ2) is 7.30. The molecular weight excluding hydrogens is 332 g/mol. The van der Waals surface area contributed by atoms with Gasteiger partial charge in [-0.05, 0) is 35.7 Å². The van der Waals surface area contributed by atoms with Crippen molar-refractivity contribution in [3.05, 3.63) is 64.1 Å². The summed E-state index contributed by atoms with van der Waals surface area (Å²) >= 11 is 7.67. The van der Waals surface area contributed by atoms with Crippen LogP contribution in [0.3, 0.4) is 0 Å². The Kier molecular flexibility index (Phi) is 4.95. The molecule has 0 unspecified atom stereocenters. The van der Waals surface area contributed by atoms with E-state index in [0.717, 1.165) is 16.3 Å². The number of thiophene rings is 1. The van der Waals surface area contributed by atoms with Gasteiger partial charge in [0.15, 0.2) is 0 Å². The number of aromatic nitrogens is 2. The normalized spacial score (nSPS) is 10.5. The second-order valence-corrected chi connectivity index (χ2v) is 6.29. The highest BCUT2D eigenvalue weighted by Gasteiger charge is 2.08. The molecule has 23 heavy (non-hydrogen) atoms. The molecule has 0 aliphatic carbocycles. The lowest BCUT2D eigenvalue weighted by atomic mass is 10.2. The molecule has 7 heteroatoms. The van der Waals surface area contributed by atoms with Gasteiger partial charge in [0.25, 0.3) is 0 Å². The van der Waals surface area contributed by atoms with Gasteiger partial charge in [-0.2, -0.15) is 5.10 Å². The zero-order chi connectivity index (χ0) is 16.1. The van der Waals surface area contributed by atoms with Crippen LogP contribution in [0.5, 0.6) is 0 Å². The Morgan fingerprint density at radius 1 is 1.30 bits per heavy atom. The lowest BCUT2D eigenvalue weighted by Gasteiger charge is -2.12. The van der Waals surface area contributed by atoms with Crippen LogP contribution >= 0.6 is 22.9 Å². The number of nitrogens with zero attached hydrogens (tertiary/aromatic N) is 2. The SMILES string of the molecule is O=C(CNc1cc(Cl)ccc1-n1cccn1)NCc1cccs1. The molecule has 0 radical (unpaired) electrons. The molecule has 3 rings (SSSR count). The summed E-state index contributed by atoms with van der Waals surface area (Å²) in [5, 5.41) is 12.8. The Hall–Kier alpha value is -2.31. The van der Waals surface area contributed by atoms with Crippen LogP contribution in [0, 0.1) is 0 Å². The minimum atomic E-state index is -0.0789. The highest BCUT2D eigenvalue weighted by molar-refractivity contribution is 7.09. The van der Waals surface area contributed by atoms with Crippen molar-refractivity contribution in [1.29, 1.82) is 0 Å². The van der Waals surface area contributed by atoms with E-state index >= 15 is 0 Å². The van der Waals surface area contributed by atoms with Gasteiger partial charge in [0, 0.05) is 22.3 Å². The maximum atomic E-state index is 12.0. The summed E-state index contributed by atoms with van der Waals surface area (Å²) in [5.41, 5.74) is 1.60. The number of carbonyl (C=O) groups excluding carboxylic acids is 1. The number of hydrogen-bond donors (Lipinski definition) is 2. The monoisotopic (exact) mass is 346 g/mol. The molecule has 3 aromatic rings. The van der Waals surface area contributed by atoms with Gasteiger partial charge >= 0.3 is 0 Å². The van der Waals surface area contributed by atoms with Crippen LogP contribution in [0.4, 0.5) is 5.69 Å². The van der Waals surface area contributed by atoms with Crippen LogP contribution in [-0.2, 0) is 11.3 Å². The van der Waals surface area contributed by atoms with E-state index in [1.165, 1.54) is 0 Å². The van der Waals surface area contributed by atoms with Crippen LogP contribution < -0.4 is 10.6 Å². The quantitative estimate of drug-likeness (QED) is 0.720. The molecule has 1 aromatic carbocycles. The highest BCUT2D eigenvalue weighted by Crippen LogP contribution is 2.23. The number of anilines is 1. The van der Waals surface area contributed by atoms with E-state index in [-0.39, 0.29) is 12.5 Å². The van der Waals surface area contributed by atoms with E-state index in [1.807, 2.05) is 35.8 Å². The Morgan fingerprint density at radius 2 is 2.22 bits per heavy atom.